The van der Waals surface area contributed by atoms with Crippen molar-refractivity contribution in [1.82, 2.24) is 15.0 Å². The SMILES string of the molecule is O=C(O)[C@H]1CCCCN1C(=O)CCCc1nc(-c2ccc(Cl)cc2)no1. The van der Waals surface area contributed by atoms with Crippen LogP contribution in [-0.4, -0.2) is 44.6 Å². The monoisotopic (exact) mass is 377 g/mol. The Balaban J connectivity index is 1.52. The van der Waals surface area contributed by atoms with Crippen LogP contribution in [0.15, 0.2) is 28.8 Å². The average molecular weight is 378 g/mol. The highest BCUT2D eigenvalue weighted by Crippen LogP contribution is 2.21. The number of aliphatic carboxylic acids is 1. The van der Waals surface area contributed by atoms with Gasteiger partial charge in [-0.3, -0.25) is 4.79 Å². The highest BCUT2D eigenvalue weighted by Gasteiger charge is 2.31. The van der Waals surface area contributed by atoms with Gasteiger partial charge >= 0.3 is 5.97 Å². The number of hydrogen-bond donors (Lipinski definition) is 1. The lowest BCUT2D eigenvalue weighted by Crippen LogP contribution is -2.47. The van der Waals surface area contributed by atoms with Gasteiger partial charge in [-0.2, -0.15) is 4.98 Å². The molecule has 1 aromatic carbocycles. The summed E-state index contributed by atoms with van der Waals surface area (Å²) in [5.74, 6) is -0.127. The number of carbonyl (C=O) groups excluding carboxylic acids is 1. The number of piperidine rings is 1. The van der Waals surface area contributed by atoms with Gasteiger partial charge in [0.05, 0.1) is 0 Å². The van der Waals surface area contributed by atoms with E-state index in [4.69, 9.17) is 16.1 Å². The fourth-order valence-electron chi connectivity index (χ4n) is 3.09. The third kappa shape index (κ3) is 4.40. The molecule has 0 aliphatic carbocycles. The number of likely N-dealkylation sites (tertiary alicyclic amines) is 1. The van der Waals surface area contributed by atoms with Crippen LogP contribution in [0.5, 0.6) is 0 Å². The summed E-state index contributed by atoms with van der Waals surface area (Å²) < 4.78 is 5.22. The van der Waals surface area contributed by atoms with E-state index >= 15 is 0 Å². The molecule has 0 unspecified atom stereocenters. The number of benzene rings is 1. The summed E-state index contributed by atoms with van der Waals surface area (Å²) in [6.45, 7) is 0.511. The molecule has 7 nitrogen and oxygen atoms in total. The lowest BCUT2D eigenvalue weighted by atomic mass is 10.0. The minimum atomic E-state index is -0.928. The Labute approximate surface area is 155 Å². The predicted octanol–water partition coefficient (Wildman–Crippen LogP) is 3.18. The van der Waals surface area contributed by atoms with Gasteiger partial charge < -0.3 is 14.5 Å². The molecule has 26 heavy (non-hydrogen) atoms. The van der Waals surface area contributed by atoms with Gasteiger partial charge in [0.1, 0.15) is 6.04 Å². The van der Waals surface area contributed by atoms with Crippen molar-refractivity contribution in [1.29, 1.82) is 0 Å². The third-order valence-corrected chi connectivity index (χ3v) is 4.71. The zero-order chi connectivity index (χ0) is 18.5. The van der Waals surface area contributed by atoms with Crippen LogP contribution in [0.2, 0.25) is 5.02 Å². The molecule has 1 atom stereocenters. The third-order valence-electron chi connectivity index (χ3n) is 4.46. The maximum atomic E-state index is 12.3. The van der Waals surface area contributed by atoms with Gasteiger partial charge in [0, 0.05) is 30.0 Å². The molecule has 1 N–H and O–H groups in total. The number of aromatic nitrogens is 2. The Hall–Kier alpha value is -2.41. The lowest BCUT2D eigenvalue weighted by molar-refractivity contribution is -0.152. The summed E-state index contributed by atoms with van der Waals surface area (Å²) in [5, 5.41) is 13.8. The molecule has 0 radical (unpaired) electrons. The van der Waals surface area contributed by atoms with E-state index in [0.717, 1.165) is 18.4 Å². The number of amides is 1. The molecule has 1 fully saturated rings. The molecule has 1 amide bonds. The first kappa shape index (κ1) is 18.4. The topological polar surface area (TPSA) is 96.5 Å². The second-order valence-electron chi connectivity index (χ2n) is 6.31. The van der Waals surface area contributed by atoms with E-state index in [2.05, 4.69) is 10.1 Å². The normalized spacial score (nSPS) is 17.3. The highest BCUT2D eigenvalue weighted by atomic mass is 35.5. The van der Waals surface area contributed by atoms with E-state index < -0.39 is 12.0 Å². The summed E-state index contributed by atoms with van der Waals surface area (Å²) in [6.07, 6.45) is 3.49. The first-order chi connectivity index (χ1) is 12.5. The number of hydrogen-bond acceptors (Lipinski definition) is 5. The molecule has 138 valence electrons. The molecule has 1 aromatic heterocycles. The first-order valence-corrected chi connectivity index (χ1v) is 9.03. The Morgan fingerprint density at radius 1 is 1.27 bits per heavy atom. The molecule has 8 heteroatoms. The Morgan fingerprint density at radius 3 is 2.77 bits per heavy atom. The molecule has 2 heterocycles. The van der Waals surface area contributed by atoms with Crippen molar-refractivity contribution < 1.29 is 19.2 Å². The number of nitrogens with zero attached hydrogens (tertiary/aromatic N) is 3. The van der Waals surface area contributed by atoms with Crippen molar-refractivity contribution in [2.24, 2.45) is 0 Å². The molecular formula is C18H20ClN3O4. The summed E-state index contributed by atoms with van der Waals surface area (Å²) in [7, 11) is 0. The van der Waals surface area contributed by atoms with Gasteiger partial charge in [-0.25, -0.2) is 4.79 Å². The maximum Gasteiger partial charge on any atom is 0.326 e. The van der Waals surface area contributed by atoms with Crippen LogP contribution in [0.4, 0.5) is 0 Å². The first-order valence-electron chi connectivity index (χ1n) is 8.65. The van der Waals surface area contributed by atoms with Crippen molar-refractivity contribution in [3.8, 4) is 11.4 Å². The summed E-state index contributed by atoms with van der Waals surface area (Å²) in [6, 6.07) is 6.42. The van der Waals surface area contributed by atoms with E-state index in [0.29, 0.717) is 42.5 Å². The van der Waals surface area contributed by atoms with E-state index in [-0.39, 0.29) is 12.3 Å². The molecule has 1 saturated heterocycles. The van der Waals surface area contributed by atoms with Gasteiger partial charge in [-0.1, -0.05) is 16.8 Å². The van der Waals surface area contributed by atoms with Gasteiger partial charge in [-0.15, -0.1) is 0 Å². The van der Waals surface area contributed by atoms with E-state index in [1.807, 2.05) is 12.1 Å². The second-order valence-corrected chi connectivity index (χ2v) is 6.75. The van der Waals surface area contributed by atoms with E-state index in [1.165, 1.54) is 4.90 Å². The summed E-state index contributed by atoms with van der Waals surface area (Å²) in [5.41, 5.74) is 0.804. The van der Waals surface area contributed by atoms with Crippen molar-refractivity contribution in [3.63, 3.8) is 0 Å². The van der Waals surface area contributed by atoms with Gasteiger partial charge in [-0.05, 0) is 49.9 Å². The summed E-state index contributed by atoms with van der Waals surface area (Å²) >= 11 is 5.86. The number of rotatable bonds is 6. The predicted molar refractivity (Wildman–Crippen MR) is 94.7 cm³/mol. The fourth-order valence-corrected chi connectivity index (χ4v) is 3.22. The molecule has 0 saturated carbocycles. The lowest BCUT2D eigenvalue weighted by Gasteiger charge is -2.33. The molecular weight excluding hydrogens is 358 g/mol. The number of carboxylic acids is 1. The molecule has 1 aliphatic heterocycles. The van der Waals surface area contributed by atoms with E-state index in [1.54, 1.807) is 12.1 Å². The quantitative estimate of drug-likeness (QED) is 0.830. The van der Waals surface area contributed by atoms with Crippen LogP contribution in [0.3, 0.4) is 0 Å². The summed E-state index contributed by atoms with van der Waals surface area (Å²) in [4.78, 5) is 29.4. The van der Waals surface area contributed by atoms with Crippen LogP contribution in [0.1, 0.15) is 38.0 Å². The molecule has 3 rings (SSSR count). The zero-order valence-corrected chi connectivity index (χ0v) is 15.0. The molecule has 0 spiro atoms. The minimum absolute atomic E-state index is 0.130. The molecule has 1 aliphatic rings. The smallest absolute Gasteiger partial charge is 0.326 e. The second kappa shape index (κ2) is 8.31. The average Bonchev–Trinajstić information content (AvgIpc) is 3.11. The van der Waals surface area contributed by atoms with Crippen LogP contribution in [-0.2, 0) is 16.0 Å². The zero-order valence-electron chi connectivity index (χ0n) is 14.2. The number of carboxylic acid groups (broad SMARTS) is 1. The Kier molecular flexibility index (Phi) is 5.88. The van der Waals surface area contributed by atoms with Crippen molar-refractivity contribution in [2.45, 2.75) is 44.6 Å². The van der Waals surface area contributed by atoms with Gasteiger partial charge in [0.25, 0.3) is 0 Å². The van der Waals surface area contributed by atoms with E-state index in [9.17, 15) is 14.7 Å². The fraction of sp³-hybridized carbons (Fsp3) is 0.444. The van der Waals surface area contributed by atoms with Crippen LogP contribution in [0.25, 0.3) is 11.4 Å². The molecule has 0 bridgehead atoms. The standard InChI is InChI=1S/C18H20ClN3O4/c19-13-9-7-12(8-10-13)17-20-15(26-21-17)5-3-6-16(23)22-11-2-1-4-14(22)18(24)25/h7-10,14H,1-6,11H2,(H,24,25)/t14-/m1/s1. The number of aryl methyl sites for hydroxylation is 1. The molecule has 2 aromatic rings. The van der Waals surface area contributed by atoms with Crippen molar-refractivity contribution >= 4 is 23.5 Å². The maximum absolute atomic E-state index is 12.3. The van der Waals surface area contributed by atoms with Crippen molar-refractivity contribution in [2.75, 3.05) is 6.54 Å². The van der Waals surface area contributed by atoms with Crippen LogP contribution in [0, 0.1) is 0 Å². The minimum Gasteiger partial charge on any atom is -0.480 e. The van der Waals surface area contributed by atoms with Crippen molar-refractivity contribution in [3.05, 3.63) is 35.2 Å². The Morgan fingerprint density at radius 2 is 2.04 bits per heavy atom. The van der Waals surface area contributed by atoms with Gasteiger partial charge in [0.15, 0.2) is 0 Å². The van der Waals surface area contributed by atoms with Gasteiger partial charge in [0.2, 0.25) is 17.6 Å². The number of carbonyl (C=O) groups is 2. The van der Waals surface area contributed by atoms with Crippen LogP contribution < -0.4 is 0 Å². The van der Waals surface area contributed by atoms with Crippen LogP contribution >= 0.6 is 11.6 Å². The number of halogens is 1. The Bertz CT molecular complexity index is 775. The highest BCUT2D eigenvalue weighted by molar-refractivity contribution is 6.30. The largest absolute Gasteiger partial charge is 0.480 e.